The molecule has 1 aromatic rings. The zero-order valence-corrected chi connectivity index (χ0v) is 13.0. The van der Waals surface area contributed by atoms with Gasteiger partial charge in [-0.05, 0) is 31.0 Å². The number of carboxylic acid groups (broad SMARTS) is 1. The lowest BCUT2D eigenvalue weighted by atomic mass is 10.0. The molecule has 2 N–H and O–H groups in total. The topological polar surface area (TPSA) is 78.9 Å². The van der Waals surface area contributed by atoms with E-state index in [0.717, 1.165) is 30.6 Å². The zero-order valence-electron chi connectivity index (χ0n) is 13.0. The molecule has 0 bridgehead atoms. The van der Waals surface area contributed by atoms with Crippen molar-refractivity contribution >= 4 is 11.9 Å². The fraction of sp³-hybridized carbons (Fsp3) is 0.529. The fourth-order valence-corrected chi connectivity index (χ4v) is 3.30. The van der Waals surface area contributed by atoms with Gasteiger partial charge in [-0.1, -0.05) is 24.6 Å². The van der Waals surface area contributed by atoms with Crippen LogP contribution in [0.1, 0.15) is 24.8 Å². The second-order valence-corrected chi connectivity index (χ2v) is 6.18. The maximum Gasteiger partial charge on any atom is 0.320 e. The number of benzene rings is 1. The molecule has 3 rings (SSSR count). The summed E-state index contributed by atoms with van der Waals surface area (Å²) in [5.74, 6) is -0.0986. The van der Waals surface area contributed by atoms with Crippen molar-refractivity contribution in [1.82, 2.24) is 10.2 Å². The number of likely N-dealkylation sites (tertiary alicyclic amines) is 1. The highest BCUT2D eigenvalue weighted by Crippen LogP contribution is 2.27. The summed E-state index contributed by atoms with van der Waals surface area (Å²) in [4.78, 5) is 25.1. The summed E-state index contributed by atoms with van der Waals surface area (Å²) in [6.45, 7) is 1.24. The van der Waals surface area contributed by atoms with Gasteiger partial charge in [0.25, 0.3) is 0 Å². The first kappa shape index (κ1) is 15.8. The van der Waals surface area contributed by atoms with Gasteiger partial charge in [0.1, 0.15) is 17.9 Å². The molecule has 2 aliphatic rings. The van der Waals surface area contributed by atoms with E-state index in [1.54, 1.807) is 4.90 Å². The molecule has 1 aromatic carbocycles. The largest absolute Gasteiger partial charge is 0.488 e. The molecule has 1 saturated heterocycles. The van der Waals surface area contributed by atoms with Gasteiger partial charge < -0.3 is 15.2 Å². The first-order valence-electron chi connectivity index (χ1n) is 8.11. The minimum Gasteiger partial charge on any atom is -0.488 e. The first-order chi connectivity index (χ1) is 11.1. The second kappa shape index (κ2) is 7.00. The third-order valence-corrected chi connectivity index (χ3v) is 4.49. The van der Waals surface area contributed by atoms with E-state index in [2.05, 4.69) is 5.32 Å². The van der Waals surface area contributed by atoms with E-state index in [0.29, 0.717) is 19.5 Å². The summed E-state index contributed by atoms with van der Waals surface area (Å²) >= 11 is 0. The van der Waals surface area contributed by atoms with Crippen LogP contribution in [0.25, 0.3) is 0 Å². The summed E-state index contributed by atoms with van der Waals surface area (Å²) in [7, 11) is 0. The number of carbonyl (C=O) groups excluding carboxylic acids is 1. The number of hydrogen-bond acceptors (Lipinski definition) is 4. The summed E-state index contributed by atoms with van der Waals surface area (Å²) in [5.41, 5.74) is 1.16. The fourth-order valence-electron chi connectivity index (χ4n) is 3.30. The second-order valence-electron chi connectivity index (χ2n) is 6.18. The minimum atomic E-state index is -0.841. The van der Waals surface area contributed by atoms with Crippen LogP contribution in [0, 0.1) is 0 Å². The number of fused-ring (bicyclic) bond motifs is 1. The molecule has 0 radical (unpaired) electrons. The Kier molecular flexibility index (Phi) is 4.81. The molecule has 2 unspecified atom stereocenters. The molecule has 2 atom stereocenters. The van der Waals surface area contributed by atoms with Gasteiger partial charge in [-0.15, -0.1) is 0 Å². The van der Waals surface area contributed by atoms with Crippen molar-refractivity contribution in [2.24, 2.45) is 0 Å². The Morgan fingerprint density at radius 2 is 2.13 bits per heavy atom. The predicted octanol–water partition coefficient (Wildman–Crippen LogP) is 1.05. The molecular formula is C17H22N2O4. The van der Waals surface area contributed by atoms with E-state index in [4.69, 9.17) is 4.74 Å². The van der Waals surface area contributed by atoms with Crippen LogP contribution < -0.4 is 10.1 Å². The number of ether oxygens (including phenoxy) is 1. The number of para-hydroxylation sites is 1. The van der Waals surface area contributed by atoms with E-state index in [9.17, 15) is 14.7 Å². The molecule has 0 spiro atoms. The maximum atomic E-state index is 12.1. The summed E-state index contributed by atoms with van der Waals surface area (Å²) in [6, 6.07) is 7.33. The summed E-state index contributed by atoms with van der Waals surface area (Å²) < 4.78 is 5.78. The van der Waals surface area contributed by atoms with E-state index in [1.165, 1.54) is 0 Å². The third-order valence-electron chi connectivity index (χ3n) is 4.49. The highest BCUT2D eigenvalue weighted by Gasteiger charge is 2.30. The van der Waals surface area contributed by atoms with Crippen LogP contribution >= 0.6 is 0 Å². The highest BCUT2D eigenvalue weighted by atomic mass is 16.5. The van der Waals surface area contributed by atoms with E-state index < -0.39 is 12.0 Å². The Hall–Kier alpha value is -2.08. The number of aliphatic carboxylic acids is 1. The van der Waals surface area contributed by atoms with Crippen LogP contribution in [0.3, 0.4) is 0 Å². The van der Waals surface area contributed by atoms with Crippen LogP contribution in [0.5, 0.6) is 5.75 Å². The molecule has 124 valence electrons. The first-order valence-corrected chi connectivity index (χ1v) is 8.11. The van der Waals surface area contributed by atoms with Crippen LogP contribution in [-0.4, -0.2) is 53.7 Å². The van der Waals surface area contributed by atoms with Gasteiger partial charge in [-0.25, -0.2) is 0 Å². The number of piperidine rings is 1. The Morgan fingerprint density at radius 1 is 1.30 bits per heavy atom. The van der Waals surface area contributed by atoms with Gasteiger partial charge in [-0.2, -0.15) is 0 Å². The smallest absolute Gasteiger partial charge is 0.320 e. The highest BCUT2D eigenvalue weighted by molar-refractivity contribution is 5.80. The molecule has 0 aliphatic carbocycles. The average Bonchev–Trinajstić information content (AvgIpc) is 2.96. The molecule has 1 amide bonds. The van der Waals surface area contributed by atoms with Gasteiger partial charge >= 0.3 is 5.97 Å². The number of nitrogens with one attached hydrogen (secondary N) is 1. The Morgan fingerprint density at radius 3 is 2.91 bits per heavy atom. The number of rotatable bonds is 5. The quantitative estimate of drug-likeness (QED) is 0.848. The monoisotopic (exact) mass is 318 g/mol. The van der Waals surface area contributed by atoms with Gasteiger partial charge in [0, 0.05) is 6.42 Å². The van der Waals surface area contributed by atoms with Gasteiger partial charge in [0.15, 0.2) is 0 Å². The molecule has 2 heterocycles. The van der Waals surface area contributed by atoms with Crippen LogP contribution in [0.15, 0.2) is 24.3 Å². The number of hydrogen-bond donors (Lipinski definition) is 2. The van der Waals surface area contributed by atoms with Gasteiger partial charge in [0.2, 0.25) is 5.91 Å². The van der Waals surface area contributed by atoms with Crippen molar-refractivity contribution in [3.63, 3.8) is 0 Å². The normalized spacial score (nSPS) is 23.8. The van der Waals surface area contributed by atoms with Crippen molar-refractivity contribution in [1.29, 1.82) is 0 Å². The molecule has 23 heavy (non-hydrogen) atoms. The molecule has 2 aliphatic heterocycles. The van der Waals surface area contributed by atoms with Gasteiger partial charge in [0.05, 0.1) is 13.1 Å². The molecular weight excluding hydrogens is 296 g/mol. The minimum absolute atomic E-state index is 0.0482. The van der Waals surface area contributed by atoms with Crippen molar-refractivity contribution in [3.8, 4) is 5.75 Å². The molecule has 0 saturated carbocycles. The van der Waals surface area contributed by atoms with E-state index >= 15 is 0 Å². The Labute approximate surface area is 135 Å². The molecule has 0 aromatic heterocycles. The number of nitrogens with zero attached hydrogens (tertiary/aromatic N) is 1. The van der Waals surface area contributed by atoms with Gasteiger partial charge in [-0.3, -0.25) is 14.5 Å². The summed E-state index contributed by atoms with van der Waals surface area (Å²) in [6.07, 6.45) is 3.20. The zero-order chi connectivity index (χ0) is 16.2. The van der Waals surface area contributed by atoms with Crippen molar-refractivity contribution in [2.45, 2.75) is 37.8 Å². The lowest BCUT2D eigenvalue weighted by Crippen LogP contribution is -2.49. The SMILES string of the molecule is O=C(CN1CCCCC1C(=O)O)NCC1Cc2ccccc2O1. The van der Waals surface area contributed by atoms with Crippen molar-refractivity contribution < 1.29 is 19.4 Å². The standard InChI is InChI=1S/C17H22N2O4/c20-16(11-19-8-4-3-6-14(19)17(21)22)18-10-13-9-12-5-1-2-7-15(12)23-13/h1-2,5,7,13-14H,3-4,6,8-11H2,(H,18,20)(H,21,22). The average molecular weight is 318 g/mol. The van der Waals surface area contributed by atoms with E-state index in [1.807, 2.05) is 24.3 Å². The van der Waals surface area contributed by atoms with Crippen LogP contribution in [0.4, 0.5) is 0 Å². The van der Waals surface area contributed by atoms with Crippen molar-refractivity contribution in [3.05, 3.63) is 29.8 Å². The Balaban J connectivity index is 1.46. The Bertz CT molecular complexity index is 565. The molecule has 6 heteroatoms. The number of carbonyl (C=O) groups is 2. The third kappa shape index (κ3) is 3.82. The number of carboxylic acids is 1. The predicted molar refractivity (Wildman–Crippen MR) is 84.4 cm³/mol. The van der Waals surface area contributed by atoms with E-state index in [-0.39, 0.29) is 18.6 Å². The van der Waals surface area contributed by atoms with Crippen molar-refractivity contribution in [2.75, 3.05) is 19.6 Å². The van der Waals surface area contributed by atoms with Crippen LogP contribution in [0.2, 0.25) is 0 Å². The lowest BCUT2D eigenvalue weighted by Gasteiger charge is -2.32. The summed E-state index contributed by atoms with van der Waals surface area (Å²) in [5, 5.41) is 12.1. The maximum absolute atomic E-state index is 12.1. The lowest BCUT2D eigenvalue weighted by molar-refractivity contribution is -0.145. The molecule has 1 fully saturated rings. The number of amides is 1. The van der Waals surface area contributed by atoms with Crippen LogP contribution in [-0.2, 0) is 16.0 Å². The molecule has 6 nitrogen and oxygen atoms in total.